The average molecular weight is 1500 g/mol. The molecule has 5 unspecified atom stereocenters. The number of allylic oxidation sites excluding steroid dienone is 36. The maximum Gasteiger partial charge on any atom is 0.472 e. The molecule has 0 aromatic carbocycles. The molecule has 0 bridgehead atoms. The van der Waals surface area contributed by atoms with Crippen molar-refractivity contribution in [3.8, 4) is 0 Å². The highest BCUT2D eigenvalue weighted by atomic mass is 31.2. The van der Waals surface area contributed by atoms with Crippen LogP contribution >= 0.6 is 15.6 Å². The molecule has 0 radical (unpaired) electrons. The van der Waals surface area contributed by atoms with Crippen LogP contribution in [0.1, 0.15) is 252 Å². The van der Waals surface area contributed by atoms with E-state index in [1.54, 1.807) is 0 Å². The largest absolute Gasteiger partial charge is 0.472 e. The molecule has 0 fully saturated rings. The minimum atomic E-state index is -4.97. The zero-order chi connectivity index (χ0) is 76.6. The molecule has 0 aromatic heterocycles. The number of aliphatic hydroxyl groups excluding tert-OH is 2. The van der Waals surface area contributed by atoms with Gasteiger partial charge >= 0.3 is 33.6 Å². The number of phosphoric ester groups is 2. The molecular formula is C87H136O16P2. The second kappa shape index (κ2) is 77.5. The Morgan fingerprint density at radius 2 is 0.476 bits per heavy atom. The van der Waals surface area contributed by atoms with Gasteiger partial charge in [-0.1, -0.05) is 278 Å². The molecule has 0 rings (SSSR count). The third-order valence-electron chi connectivity index (χ3n) is 15.2. The van der Waals surface area contributed by atoms with Crippen LogP contribution in [0.15, 0.2) is 219 Å². The van der Waals surface area contributed by atoms with Gasteiger partial charge in [0.15, 0.2) is 6.10 Å². The molecule has 5 atom stereocenters. The molecule has 0 aliphatic heterocycles. The van der Waals surface area contributed by atoms with Gasteiger partial charge in [-0.15, -0.1) is 0 Å². The van der Waals surface area contributed by atoms with Crippen molar-refractivity contribution in [2.45, 2.75) is 270 Å². The zero-order valence-corrected chi connectivity index (χ0v) is 66.1. The van der Waals surface area contributed by atoms with Crippen LogP contribution in [0.25, 0.3) is 0 Å². The molecule has 0 saturated carbocycles. The average Bonchev–Trinajstić information content (AvgIpc) is 0.963. The predicted molar refractivity (Wildman–Crippen MR) is 435 cm³/mol. The van der Waals surface area contributed by atoms with Gasteiger partial charge in [0.25, 0.3) is 0 Å². The Morgan fingerprint density at radius 1 is 0.267 bits per heavy atom. The first-order chi connectivity index (χ1) is 51.2. The molecule has 0 heterocycles. The van der Waals surface area contributed by atoms with Gasteiger partial charge in [-0.2, -0.15) is 0 Å². The van der Waals surface area contributed by atoms with Crippen LogP contribution in [0, 0.1) is 0 Å². The fraction of sp³-hybridized carbons (Fsp3) is 0.552. The molecular weight excluding hydrogens is 1360 g/mol. The van der Waals surface area contributed by atoms with Gasteiger partial charge in [0.1, 0.15) is 25.4 Å². The van der Waals surface area contributed by atoms with Crippen molar-refractivity contribution in [1.29, 1.82) is 0 Å². The van der Waals surface area contributed by atoms with Gasteiger partial charge in [-0.25, -0.2) is 9.13 Å². The van der Waals surface area contributed by atoms with Crippen molar-refractivity contribution in [1.82, 2.24) is 0 Å². The lowest BCUT2D eigenvalue weighted by Gasteiger charge is -2.21. The lowest BCUT2D eigenvalue weighted by molar-refractivity contribution is -0.161. The highest BCUT2D eigenvalue weighted by Gasteiger charge is 2.29. The van der Waals surface area contributed by atoms with Gasteiger partial charge < -0.3 is 34.2 Å². The molecule has 0 aliphatic carbocycles. The number of phosphoric acid groups is 2. The van der Waals surface area contributed by atoms with Gasteiger partial charge in [0.05, 0.1) is 26.4 Å². The normalized spacial score (nSPS) is 15.2. The van der Waals surface area contributed by atoms with Crippen molar-refractivity contribution < 1.29 is 75.8 Å². The Morgan fingerprint density at radius 3 is 0.771 bits per heavy atom. The van der Waals surface area contributed by atoms with E-state index >= 15 is 0 Å². The van der Waals surface area contributed by atoms with Crippen molar-refractivity contribution in [2.75, 3.05) is 39.6 Å². The fourth-order valence-corrected chi connectivity index (χ4v) is 10.9. The first kappa shape index (κ1) is 98.9. The number of esters is 3. The second-order valence-corrected chi connectivity index (χ2v) is 27.9. The number of rotatable bonds is 71. The highest BCUT2D eigenvalue weighted by molar-refractivity contribution is 7.47. The molecule has 0 spiro atoms. The third-order valence-corrected chi connectivity index (χ3v) is 17.1. The van der Waals surface area contributed by atoms with Crippen LogP contribution in [0.4, 0.5) is 0 Å². The number of ether oxygens (including phenoxy) is 3. The summed E-state index contributed by atoms with van der Waals surface area (Å²) < 4.78 is 61.1. The third kappa shape index (κ3) is 78.8. The van der Waals surface area contributed by atoms with Crippen molar-refractivity contribution in [3.63, 3.8) is 0 Å². The van der Waals surface area contributed by atoms with Gasteiger partial charge in [0.2, 0.25) is 0 Å². The molecule has 0 amide bonds. The summed E-state index contributed by atoms with van der Waals surface area (Å²) in [6.07, 6.45) is 104. The maximum absolute atomic E-state index is 13.0. The Balaban J connectivity index is 4.81. The van der Waals surface area contributed by atoms with E-state index in [2.05, 4.69) is 240 Å². The van der Waals surface area contributed by atoms with Gasteiger partial charge in [-0.05, 0) is 173 Å². The Labute approximate surface area is 634 Å². The van der Waals surface area contributed by atoms with Crippen molar-refractivity contribution >= 4 is 33.6 Å². The quantitative estimate of drug-likeness (QED) is 0.0146. The van der Waals surface area contributed by atoms with E-state index in [1.165, 1.54) is 0 Å². The van der Waals surface area contributed by atoms with E-state index in [4.69, 9.17) is 32.3 Å². The summed E-state index contributed by atoms with van der Waals surface area (Å²) in [5, 5.41) is 20.6. The van der Waals surface area contributed by atoms with Crippen LogP contribution in [0.2, 0.25) is 0 Å². The molecule has 0 aromatic rings. The lowest BCUT2D eigenvalue weighted by atomic mass is 10.1. The lowest BCUT2D eigenvalue weighted by Crippen LogP contribution is -2.30. The summed E-state index contributed by atoms with van der Waals surface area (Å²) in [5.41, 5.74) is 0. The molecule has 16 nitrogen and oxygen atoms in total. The molecule has 0 aliphatic rings. The van der Waals surface area contributed by atoms with Crippen molar-refractivity contribution in [3.05, 3.63) is 219 Å². The molecule has 4 N–H and O–H groups in total. The van der Waals surface area contributed by atoms with Crippen molar-refractivity contribution in [2.24, 2.45) is 0 Å². The standard InChI is InChI=1S/C87H136O16P2/c1-4-7-10-13-16-19-22-25-28-31-34-37-39-40-42-45-46-49-52-55-58-61-64-67-70-73-85(90)97-76-82(88)77-99-104(93,94)100-78-83(89)79-101-105(95,96)102-81-84(103-87(92)75-72-69-66-63-60-57-54-51-48-43-36-33-30-27-24-21-18-15-12-9-6-3)80-98-86(91)74-71-68-65-62-59-56-53-50-47-44-41-38-35-32-29-26-23-20-17-14-11-8-5-2/h7-12,16-21,25-30,34-38,40,42-44,46-47,49,51,53-54,56,60,63,82-84,88-89H,4-6,13-15,22-24,31-33,39,41,45,48,50,52,55,57-59,61-62,64-81H2,1-3H3,(H,93,94)(H,95,96)/b10-7-,11-8-,12-9-,19-16-,20-17-,21-18-,28-25-,29-26-,30-27-,37-34-,38-35-,42-40-,43-36-,47-44-,49-46-,54-51-,56-53-,63-60-. The van der Waals surface area contributed by atoms with Crippen LogP contribution in [0.5, 0.6) is 0 Å². The van der Waals surface area contributed by atoms with E-state index < -0.39 is 91.5 Å². The maximum atomic E-state index is 13.0. The molecule has 105 heavy (non-hydrogen) atoms. The monoisotopic (exact) mass is 1500 g/mol. The first-order valence-corrected chi connectivity index (χ1v) is 42.0. The summed E-state index contributed by atoms with van der Waals surface area (Å²) in [5.74, 6) is -1.69. The topological polar surface area (TPSA) is 231 Å². The number of carbonyl (C=O) groups is 3. The Hall–Kier alpha value is -6.13. The fourth-order valence-electron chi connectivity index (χ4n) is 9.34. The molecule has 18 heteroatoms. The Bertz CT molecular complexity index is 2790. The van der Waals surface area contributed by atoms with Crippen LogP contribution < -0.4 is 0 Å². The summed E-state index contributed by atoms with van der Waals surface area (Å²) in [6.45, 7) is 2.19. The second-order valence-electron chi connectivity index (χ2n) is 25.0. The van der Waals surface area contributed by atoms with Crippen LogP contribution in [-0.4, -0.2) is 95.9 Å². The van der Waals surface area contributed by atoms with Gasteiger partial charge in [0, 0.05) is 19.3 Å². The number of carbonyl (C=O) groups excluding carboxylic acids is 3. The van der Waals surface area contributed by atoms with E-state index in [-0.39, 0.29) is 19.3 Å². The number of aliphatic hydroxyl groups is 2. The smallest absolute Gasteiger partial charge is 0.463 e. The highest BCUT2D eigenvalue weighted by Crippen LogP contribution is 2.45. The SMILES string of the molecule is CC/C=C\C/C=C\C/C=C\C/C=C\C/C=C\C/C=C\CCCCCCCCC(=O)OCC(O)COP(=O)(O)OCC(O)COP(=O)(O)OCC(COC(=O)CCCCCC/C=C\C/C=C\C/C=C\C/C=C\C/C=C\C/C=C\CC)OC(=O)CCCC/C=C\C/C=C\C/C=C\C/C=C\C/C=C\C/C=C\CC. The summed E-state index contributed by atoms with van der Waals surface area (Å²) in [4.78, 5) is 58.7. The number of hydrogen-bond acceptors (Lipinski definition) is 14. The van der Waals surface area contributed by atoms with E-state index in [1.807, 2.05) is 0 Å². The summed E-state index contributed by atoms with van der Waals surface area (Å²) in [7, 11) is -9.84. The van der Waals surface area contributed by atoms with Crippen LogP contribution in [0.3, 0.4) is 0 Å². The minimum Gasteiger partial charge on any atom is -0.463 e. The molecule has 0 saturated heterocycles. The minimum absolute atomic E-state index is 0.0325. The zero-order valence-electron chi connectivity index (χ0n) is 64.3. The predicted octanol–water partition coefficient (Wildman–Crippen LogP) is 23.1. The first-order valence-electron chi connectivity index (χ1n) is 39.0. The number of hydrogen-bond donors (Lipinski definition) is 4. The number of unbranched alkanes of at least 4 members (excludes halogenated alkanes) is 12. The molecule has 590 valence electrons. The van der Waals surface area contributed by atoms with E-state index in [0.29, 0.717) is 25.7 Å². The summed E-state index contributed by atoms with van der Waals surface area (Å²) >= 11 is 0. The van der Waals surface area contributed by atoms with Gasteiger partial charge in [-0.3, -0.25) is 32.5 Å². The van der Waals surface area contributed by atoms with Crippen LogP contribution in [-0.2, 0) is 55.8 Å². The van der Waals surface area contributed by atoms with E-state index in [0.717, 1.165) is 186 Å². The summed E-state index contributed by atoms with van der Waals surface area (Å²) in [6, 6.07) is 0. The van der Waals surface area contributed by atoms with E-state index in [9.17, 15) is 43.5 Å². The Kier molecular flexibility index (Phi) is 73.0.